The Morgan fingerprint density at radius 2 is 2.14 bits per heavy atom. The van der Waals surface area contributed by atoms with Crippen LogP contribution in [0.3, 0.4) is 0 Å². The molecular formula is C22H24FN3O2. The minimum absolute atomic E-state index is 0.188. The molecule has 1 saturated heterocycles. The summed E-state index contributed by atoms with van der Waals surface area (Å²) in [5.41, 5.74) is 3.03. The van der Waals surface area contributed by atoms with Gasteiger partial charge in [-0.15, -0.1) is 0 Å². The number of rotatable bonds is 5. The van der Waals surface area contributed by atoms with Crippen LogP contribution in [0.2, 0.25) is 0 Å². The summed E-state index contributed by atoms with van der Waals surface area (Å²) in [4.78, 5) is 17.9. The predicted molar refractivity (Wildman–Crippen MR) is 108 cm³/mol. The molecule has 1 unspecified atom stereocenters. The van der Waals surface area contributed by atoms with Crippen LogP contribution < -0.4 is 5.32 Å². The summed E-state index contributed by atoms with van der Waals surface area (Å²) in [6.07, 6.45) is 2.25. The fourth-order valence-electron chi connectivity index (χ4n) is 3.96. The van der Waals surface area contributed by atoms with Crippen LogP contribution in [0, 0.1) is 5.82 Å². The van der Waals surface area contributed by atoms with Gasteiger partial charge in [0.15, 0.2) is 0 Å². The molecule has 1 aromatic heterocycles. The quantitative estimate of drug-likeness (QED) is 0.631. The van der Waals surface area contributed by atoms with E-state index in [9.17, 15) is 14.3 Å². The van der Waals surface area contributed by atoms with Crippen molar-refractivity contribution in [2.45, 2.75) is 18.8 Å². The van der Waals surface area contributed by atoms with Gasteiger partial charge in [0.2, 0.25) is 0 Å². The Morgan fingerprint density at radius 3 is 2.96 bits per heavy atom. The molecule has 0 radical (unpaired) electrons. The van der Waals surface area contributed by atoms with E-state index in [0.717, 1.165) is 36.8 Å². The van der Waals surface area contributed by atoms with Gasteiger partial charge >= 0.3 is 0 Å². The molecule has 2 aromatic carbocycles. The molecule has 0 spiro atoms. The number of amides is 1. The number of aromatic nitrogens is 1. The maximum absolute atomic E-state index is 13.3. The second-order valence-electron chi connectivity index (χ2n) is 7.36. The number of hydrogen-bond acceptors (Lipinski definition) is 3. The summed E-state index contributed by atoms with van der Waals surface area (Å²) >= 11 is 0. The number of fused-ring (bicyclic) bond motifs is 1. The number of H-pyrrole nitrogens is 1. The highest BCUT2D eigenvalue weighted by molar-refractivity contribution is 6.06. The van der Waals surface area contributed by atoms with E-state index in [0.29, 0.717) is 23.8 Å². The first-order valence-corrected chi connectivity index (χ1v) is 9.65. The summed E-state index contributed by atoms with van der Waals surface area (Å²) in [7, 11) is 0. The molecule has 146 valence electrons. The Bertz CT molecular complexity index is 983. The Hall–Kier alpha value is -2.70. The number of aliphatic hydroxyl groups is 1. The molecule has 2 heterocycles. The summed E-state index contributed by atoms with van der Waals surface area (Å²) in [6, 6.07) is 13.9. The molecule has 3 N–H and O–H groups in total. The summed E-state index contributed by atoms with van der Waals surface area (Å²) < 4.78 is 13.3. The Morgan fingerprint density at radius 1 is 1.25 bits per heavy atom. The van der Waals surface area contributed by atoms with Crippen molar-refractivity contribution in [3.8, 4) is 0 Å². The topological polar surface area (TPSA) is 68.4 Å². The Kier molecular flexibility index (Phi) is 5.41. The lowest BCUT2D eigenvalue weighted by Gasteiger charge is -2.32. The first-order chi connectivity index (χ1) is 13.6. The van der Waals surface area contributed by atoms with E-state index >= 15 is 0 Å². The van der Waals surface area contributed by atoms with Crippen LogP contribution in [0.25, 0.3) is 10.9 Å². The van der Waals surface area contributed by atoms with Gasteiger partial charge in [0.25, 0.3) is 5.91 Å². The SMILES string of the molecule is O=C(Nc1cccc(F)c1)c1cc2cc(C3CCCN(CCO)C3)ccc2[nH]1. The van der Waals surface area contributed by atoms with E-state index in [2.05, 4.69) is 27.3 Å². The zero-order valence-electron chi connectivity index (χ0n) is 15.6. The summed E-state index contributed by atoms with van der Waals surface area (Å²) in [6.45, 7) is 2.89. The molecule has 6 heteroatoms. The first kappa shape index (κ1) is 18.7. The van der Waals surface area contributed by atoms with Crippen LogP contribution in [0.1, 0.15) is 34.8 Å². The zero-order valence-corrected chi connectivity index (χ0v) is 15.6. The first-order valence-electron chi connectivity index (χ1n) is 9.65. The number of anilines is 1. The highest BCUT2D eigenvalue weighted by Crippen LogP contribution is 2.29. The van der Waals surface area contributed by atoms with Crippen molar-refractivity contribution in [1.29, 1.82) is 0 Å². The van der Waals surface area contributed by atoms with Gasteiger partial charge in [-0.1, -0.05) is 12.1 Å². The number of piperidine rings is 1. The number of carbonyl (C=O) groups excluding carboxylic acids is 1. The van der Waals surface area contributed by atoms with Crippen LogP contribution in [0.4, 0.5) is 10.1 Å². The lowest BCUT2D eigenvalue weighted by Crippen LogP contribution is -2.36. The maximum atomic E-state index is 13.3. The van der Waals surface area contributed by atoms with E-state index < -0.39 is 0 Å². The number of benzene rings is 2. The number of β-amino-alcohol motifs (C(OH)–C–C–N with tert-alkyl or cyclic N) is 1. The van der Waals surface area contributed by atoms with E-state index in [4.69, 9.17) is 0 Å². The molecule has 1 aliphatic heterocycles. The standard InChI is InChI=1S/C22H24FN3O2/c23-18-4-1-5-19(13-18)24-22(28)21-12-17-11-15(6-7-20(17)25-21)16-3-2-8-26(14-16)9-10-27/h1,4-7,11-13,16,25,27H,2-3,8-10,14H2,(H,24,28). The van der Waals surface area contributed by atoms with Crippen molar-refractivity contribution in [3.05, 3.63) is 65.6 Å². The molecule has 1 atom stereocenters. The highest BCUT2D eigenvalue weighted by atomic mass is 19.1. The smallest absolute Gasteiger partial charge is 0.272 e. The molecular weight excluding hydrogens is 357 g/mol. The Labute approximate surface area is 163 Å². The number of halogens is 1. The lowest BCUT2D eigenvalue weighted by atomic mass is 9.90. The molecule has 0 aliphatic carbocycles. The van der Waals surface area contributed by atoms with E-state index in [1.165, 1.54) is 17.7 Å². The molecule has 4 rings (SSSR count). The number of aromatic amines is 1. The van der Waals surface area contributed by atoms with Crippen molar-refractivity contribution in [2.75, 3.05) is 31.6 Å². The average Bonchev–Trinajstić information content (AvgIpc) is 3.12. The van der Waals surface area contributed by atoms with Crippen LogP contribution in [0.5, 0.6) is 0 Å². The fraction of sp³-hybridized carbons (Fsp3) is 0.318. The van der Waals surface area contributed by atoms with Crippen LogP contribution in [-0.2, 0) is 0 Å². The molecule has 0 saturated carbocycles. The van der Waals surface area contributed by atoms with Crippen LogP contribution in [-0.4, -0.2) is 47.1 Å². The van der Waals surface area contributed by atoms with Crippen molar-refractivity contribution in [3.63, 3.8) is 0 Å². The van der Waals surface area contributed by atoms with Gasteiger partial charge in [-0.3, -0.25) is 4.79 Å². The monoisotopic (exact) mass is 381 g/mol. The number of nitrogens with zero attached hydrogens (tertiary/aromatic N) is 1. The Balaban J connectivity index is 1.52. The molecule has 3 aromatic rings. The number of carbonyl (C=O) groups is 1. The zero-order chi connectivity index (χ0) is 19.5. The third-order valence-electron chi connectivity index (χ3n) is 5.37. The van der Waals surface area contributed by atoms with Gasteiger partial charge in [0.1, 0.15) is 11.5 Å². The van der Waals surface area contributed by atoms with Gasteiger partial charge in [0.05, 0.1) is 6.61 Å². The minimum Gasteiger partial charge on any atom is -0.395 e. The second kappa shape index (κ2) is 8.12. The van der Waals surface area contributed by atoms with Crippen molar-refractivity contribution in [1.82, 2.24) is 9.88 Å². The average molecular weight is 381 g/mol. The van der Waals surface area contributed by atoms with Crippen molar-refractivity contribution >= 4 is 22.5 Å². The van der Waals surface area contributed by atoms with E-state index in [1.807, 2.05) is 12.1 Å². The van der Waals surface area contributed by atoms with Crippen LogP contribution >= 0.6 is 0 Å². The molecule has 1 amide bonds. The molecule has 1 aliphatic rings. The predicted octanol–water partition coefficient (Wildman–Crippen LogP) is 3.73. The maximum Gasteiger partial charge on any atom is 0.272 e. The van der Waals surface area contributed by atoms with E-state index in [1.54, 1.807) is 12.1 Å². The number of nitrogens with one attached hydrogen (secondary N) is 2. The molecule has 5 nitrogen and oxygen atoms in total. The number of likely N-dealkylation sites (tertiary alicyclic amines) is 1. The largest absolute Gasteiger partial charge is 0.395 e. The number of hydrogen-bond donors (Lipinski definition) is 3. The molecule has 28 heavy (non-hydrogen) atoms. The minimum atomic E-state index is -0.387. The van der Waals surface area contributed by atoms with Gasteiger partial charge < -0.3 is 20.3 Å². The third-order valence-corrected chi connectivity index (χ3v) is 5.37. The second-order valence-corrected chi connectivity index (χ2v) is 7.36. The van der Waals surface area contributed by atoms with Gasteiger partial charge in [-0.2, -0.15) is 0 Å². The van der Waals surface area contributed by atoms with Crippen LogP contribution in [0.15, 0.2) is 48.5 Å². The highest BCUT2D eigenvalue weighted by Gasteiger charge is 2.21. The molecule has 1 fully saturated rings. The van der Waals surface area contributed by atoms with Crippen molar-refractivity contribution < 1.29 is 14.3 Å². The van der Waals surface area contributed by atoms with Gasteiger partial charge in [-0.05, 0) is 67.3 Å². The van der Waals surface area contributed by atoms with Gasteiger partial charge in [-0.25, -0.2) is 4.39 Å². The van der Waals surface area contributed by atoms with Gasteiger partial charge in [0, 0.05) is 29.7 Å². The molecule has 0 bridgehead atoms. The summed E-state index contributed by atoms with van der Waals surface area (Å²) in [5.74, 6) is -0.249. The van der Waals surface area contributed by atoms with Crippen molar-refractivity contribution in [2.24, 2.45) is 0 Å². The lowest BCUT2D eigenvalue weighted by molar-refractivity contribution is 0.102. The summed E-state index contributed by atoms with van der Waals surface area (Å²) in [5, 5.41) is 12.9. The normalized spacial score (nSPS) is 17.7. The third kappa shape index (κ3) is 4.08. The fourth-order valence-corrected chi connectivity index (χ4v) is 3.96. The number of aliphatic hydroxyl groups excluding tert-OH is 1. The van der Waals surface area contributed by atoms with E-state index in [-0.39, 0.29) is 18.3 Å².